The number of aryl methyl sites for hydroxylation is 1. The Kier molecular flexibility index (Phi) is 5.27. The van der Waals surface area contributed by atoms with Gasteiger partial charge in [0.15, 0.2) is 0 Å². The number of anilines is 1. The lowest BCUT2D eigenvalue weighted by atomic mass is 10.1. The van der Waals surface area contributed by atoms with Crippen LogP contribution in [0.15, 0.2) is 42.9 Å². The maximum atomic E-state index is 12.1. The van der Waals surface area contributed by atoms with Crippen LogP contribution in [0, 0.1) is 0 Å². The number of para-hydroxylation sites is 1. The van der Waals surface area contributed by atoms with E-state index in [4.69, 9.17) is 0 Å². The summed E-state index contributed by atoms with van der Waals surface area (Å²) >= 11 is 0. The third-order valence-corrected chi connectivity index (χ3v) is 3.70. The predicted molar refractivity (Wildman–Crippen MR) is 89.5 cm³/mol. The number of hydrogen-bond acceptors (Lipinski definition) is 3. The van der Waals surface area contributed by atoms with E-state index in [0.717, 1.165) is 16.5 Å². The third-order valence-electron chi connectivity index (χ3n) is 3.70. The van der Waals surface area contributed by atoms with Crippen molar-refractivity contribution < 1.29 is 22.7 Å². The van der Waals surface area contributed by atoms with E-state index < -0.39 is 12.8 Å². The van der Waals surface area contributed by atoms with Gasteiger partial charge in [0, 0.05) is 23.5 Å². The summed E-state index contributed by atoms with van der Waals surface area (Å²) in [5, 5.41) is 7.59. The number of aromatic nitrogens is 3. The first kappa shape index (κ1) is 18.0. The molecule has 3 rings (SSSR count). The number of benzene rings is 1. The number of nitrogens with one attached hydrogen (secondary N) is 2. The molecule has 0 aliphatic carbocycles. The highest BCUT2D eigenvalue weighted by Crippen LogP contribution is 2.19. The Hall–Kier alpha value is -2.81. The molecule has 0 saturated carbocycles. The van der Waals surface area contributed by atoms with E-state index in [1.807, 2.05) is 30.5 Å². The molecule has 2 heterocycles. The second kappa shape index (κ2) is 7.61. The summed E-state index contributed by atoms with van der Waals surface area (Å²) in [7, 11) is 0. The molecule has 2 N–H and O–H groups in total. The van der Waals surface area contributed by atoms with Gasteiger partial charge in [-0.3, -0.25) is 4.79 Å². The highest BCUT2D eigenvalue weighted by atomic mass is 19.4. The van der Waals surface area contributed by atoms with E-state index in [2.05, 4.69) is 20.1 Å². The van der Waals surface area contributed by atoms with Crippen LogP contribution in [0.5, 0.6) is 0 Å². The topological polar surface area (TPSA) is 71.9 Å². The van der Waals surface area contributed by atoms with Crippen LogP contribution in [-0.4, -0.2) is 33.5 Å². The molecular formula is C17H17F3N4O2. The average Bonchev–Trinajstić information content (AvgIpc) is 3.19. The second-order valence-electron chi connectivity index (χ2n) is 5.77. The number of rotatable bonds is 7. The molecule has 6 nitrogen and oxygen atoms in total. The number of ether oxygens (including phenoxy) is 1. The summed E-state index contributed by atoms with van der Waals surface area (Å²) in [6, 6.07) is 7.83. The molecule has 0 atom stereocenters. The van der Waals surface area contributed by atoms with Crippen LogP contribution in [-0.2, 0) is 22.7 Å². The van der Waals surface area contributed by atoms with Crippen molar-refractivity contribution in [2.75, 3.05) is 11.9 Å². The Morgan fingerprint density at radius 3 is 2.92 bits per heavy atom. The monoisotopic (exact) mass is 366 g/mol. The molecule has 0 saturated heterocycles. The van der Waals surface area contributed by atoms with Gasteiger partial charge in [0.1, 0.15) is 13.3 Å². The van der Waals surface area contributed by atoms with Gasteiger partial charge in [0.05, 0.1) is 18.1 Å². The predicted octanol–water partition coefficient (Wildman–Crippen LogP) is 3.47. The molecule has 9 heteroatoms. The minimum atomic E-state index is -4.38. The molecule has 2 aromatic heterocycles. The number of amides is 1. The second-order valence-corrected chi connectivity index (χ2v) is 5.77. The smallest absolute Gasteiger partial charge is 0.361 e. The fourth-order valence-corrected chi connectivity index (χ4v) is 2.56. The third kappa shape index (κ3) is 4.85. The maximum Gasteiger partial charge on any atom is 0.411 e. The number of aromatic amines is 1. The van der Waals surface area contributed by atoms with E-state index in [-0.39, 0.29) is 19.1 Å². The normalized spacial score (nSPS) is 11.8. The van der Waals surface area contributed by atoms with Crippen molar-refractivity contribution in [3.8, 4) is 0 Å². The Bertz CT molecular complexity index is 885. The molecular weight excluding hydrogens is 349 g/mol. The van der Waals surface area contributed by atoms with Crippen LogP contribution in [0.1, 0.15) is 12.0 Å². The summed E-state index contributed by atoms with van der Waals surface area (Å²) in [6.45, 7) is -1.69. The van der Waals surface area contributed by atoms with Crippen molar-refractivity contribution in [3.05, 3.63) is 48.4 Å². The minimum absolute atomic E-state index is 0.203. The quantitative estimate of drug-likeness (QED) is 0.673. The zero-order valence-electron chi connectivity index (χ0n) is 13.7. The standard InChI is InChI=1S/C17H17F3N4O2/c18-17(19,20)10-26-11-24-9-13(8-22-24)23-16(25)6-5-12-7-21-15-4-2-1-3-14(12)15/h1-4,7-9,21H,5-6,10-11H2,(H,23,25). The summed E-state index contributed by atoms with van der Waals surface area (Å²) in [5.41, 5.74) is 2.47. The Morgan fingerprint density at radius 2 is 2.12 bits per heavy atom. The zero-order valence-corrected chi connectivity index (χ0v) is 13.7. The van der Waals surface area contributed by atoms with Crippen LogP contribution in [0.2, 0.25) is 0 Å². The highest BCUT2D eigenvalue weighted by molar-refractivity contribution is 5.91. The summed E-state index contributed by atoms with van der Waals surface area (Å²) < 4.78 is 41.7. The molecule has 0 bridgehead atoms. The Balaban J connectivity index is 1.48. The number of nitrogens with zero attached hydrogens (tertiary/aromatic N) is 2. The highest BCUT2D eigenvalue weighted by Gasteiger charge is 2.27. The first-order chi connectivity index (χ1) is 12.4. The van der Waals surface area contributed by atoms with E-state index in [1.54, 1.807) is 0 Å². The minimum Gasteiger partial charge on any atom is -0.361 e. The van der Waals surface area contributed by atoms with Crippen LogP contribution < -0.4 is 5.32 Å². The van der Waals surface area contributed by atoms with Gasteiger partial charge in [0.2, 0.25) is 5.91 Å². The van der Waals surface area contributed by atoms with Gasteiger partial charge in [-0.05, 0) is 18.1 Å². The van der Waals surface area contributed by atoms with Gasteiger partial charge in [0.25, 0.3) is 0 Å². The van der Waals surface area contributed by atoms with Crippen molar-refractivity contribution in [3.63, 3.8) is 0 Å². The van der Waals surface area contributed by atoms with E-state index in [0.29, 0.717) is 12.1 Å². The maximum absolute atomic E-state index is 12.1. The number of carbonyl (C=O) groups is 1. The van der Waals surface area contributed by atoms with Gasteiger partial charge >= 0.3 is 6.18 Å². The van der Waals surface area contributed by atoms with Gasteiger partial charge in [-0.1, -0.05) is 18.2 Å². The van der Waals surface area contributed by atoms with Gasteiger partial charge in [-0.15, -0.1) is 0 Å². The van der Waals surface area contributed by atoms with Crippen molar-refractivity contribution in [2.45, 2.75) is 25.7 Å². The molecule has 1 aromatic carbocycles. The SMILES string of the molecule is O=C(CCc1c[nH]c2ccccc12)Nc1cnn(COCC(F)(F)F)c1. The first-order valence-corrected chi connectivity index (χ1v) is 7.92. The fraction of sp³-hybridized carbons (Fsp3) is 0.294. The van der Waals surface area contributed by atoms with Gasteiger partial charge in [-0.2, -0.15) is 18.3 Å². The van der Waals surface area contributed by atoms with Crippen LogP contribution in [0.25, 0.3) is 10.9 Å². The Labute approximate surface area is 146 Å². The number of carbonyl (C=O) groups excluding carboxylic acids is 1. The molecule has 0 unspecified atom stereocenters. The summed E-state index contributed by atoms with van der Waals surface area (Å²) in [5.74, 6) is -0.203. The summed E-state index contributed by atoms with van der Waals surface area (Å²) in [6.07, 6.45) is 1.12. The van der Waals surface area contributed by atoms with Gasteiger partial charge in [-0.25, -0.2) is 4.68 Å². The number of H-pyrrole nitrogens is 1. The first-order valence-electron chi connectivity index (χ1n) is 7.92. The van der Waals surface area contributed by atoms with Crippen molar-refractivity contribution >= 4 is 22.5 Å². The van der Waals surface area contributed by atoms with Crippen LogP contribution >= 0.6 is 0 Å². The van der Waals surface area contributed by atoms with Crippen molar-refractivity contribution in [1.82, 2.24) is 14.8 Å². The van der Waals surface area contributed by atoms with E-state index in [9.17, 15) is 18.0 Å². The zero-order chi connectivity index (χ0) is 18.6. The molecule has 0 aliphatic rings. The molecule has 0 radical (unpaired) electrons. The lowest BCUT2D eigenvalue weighted by molar-refractivity contribution is -0.182. The molecule has 0 fully saturated rings. The average molecular weight is 366 g/mol. The van der Waals surface area contributed by atoms with Crippen LogP contribution in [0.3, 0.4) is 0 Å². The molecule has 0 aliphatic heterocycles. The number of hydrogen-bond donors (Lipinski definition) is 2. The Morgan fingerprint density at radius 1 is 1.31 bits per heavy atom. The lowest BCUT2D eigenvalue weighted by Crippen LogP contribution is -2.18. The molecule has 26 heavy (non-hydrogen) atoms. The lowest BCUT2D eigenvalue weighted by Gasteiger charge is -2.07. The van der Waals surface area contributed by atoms with Crippen molar-refractivity contribution in [2.24, 2.45) is 0 Å². The number of fused-ring (bicyclic) bond motifs is 1. The molecule has 0 spiro atoms. The van der Waals surface area contributed by atoms with Crippen LogP contribution in [0.4, 0.5) is 18.9 Å². The molecule has 1 amide bonds. The van der Waals surface area contributed by atoms with Gasteiger partial charge < -0.3 is 15.0 Å². The van der Waals surface area contributed by atoms with Crippen molar-refractivity contribution in [1.29, 1.82) is 0 Å². The van der Waals surface area contributed by atoms with E-state index in [1.165, 1.54) is 17.1 Å². The number of halogens is 3. The summed E-state index contributed by atoms with van der Waals surface area (Å²) in [4.78, 5) is 15.2. The molecule has 3 aromatic rings. The fourth-order valence-electron chi connectivity index (χ4n) is 2.56. The van der Waals surface area contributed by atoms with E-state index >= 15 is 0 Å². The largest absolute Gasteiger partial charge is 0.411 e. The molecule has 138 valence electrons. The number of alkyl halides is 3.